The minimum atomic E-state index is 0.262. The van der Waals surface area contributed by atoms with Gasteiger partial charge in [-0.15, -0.1) is 0 Å². The van der Waals surface area contributed by atoms with E-state index >= 15 is 0 Å². The summed E-state index contributed by atoms with van der Waals surface area (Å²) in [6.07, 6.45) is 4.06. The van der Waals surface area contributed by atoms with Crippen LogP contribution in [0.4, 0.5) is 0 Å². The second kappa shape index (κ2) is 4.69. The number of rotatable bonds is 4. The molecule has 0 spiro atoms. The summed E-state index contributed by atoms with van der Waals surface area (Å²) < 4.78 is 0. The molecule has 0 fully saturated rings. The molecule has 7 heteroatoms. The third-order valence-electron chi connectivity index (χ3n) is 2.55. The highest BCUT2D eigenvalue weighted by Crippen LogP contribution is 2.06. The molecule has 0 saturated heterocycles. The van der Waals surface area contributed by atoms with Gasteiger partial charge in [0.2, 0.25) is 5.84 Å². The highest BCUT2D eigenvalue weighted by atomic mass is 15.8. The van der Waals surface area contributed by atoms with E-state index in [4.69, 9.17) is 0 Å². The lowest BCUT2D eigenvalue weighted by molar-refractivity contribution is -0.811. The van der Waals surface area contributed by atoms with E-state index in [0.717, 1.165) is 17.4 Å². The van der Waals surface area contributed by atoms with Crippen molar-refractivity contribution in [1.29, 1.82) is 0 Å². The van der Waals surface area contributed by atoms with Crippen LogP contribution in [0.3, 0.4) is 0 Å². The van der Waals surface area contributed by atoms with Crippen LogP contribution in [0.25, 0.3) is 5.53 Å². The van der Waals surface area contributed by atoms with Gasteiger partial charge in [-0.1, -0.05) is 10.6 Å². The highest BCUT2D eigenvalue weighted by molar-refractivity contribution is 5.84. The molecule has 0 aliphatic carbocycles. The van der Waals surface area contributed by atoms with Crippen LogP contribution in [0.15, 0.2) is 27.8 Å². The van der Waals surface area contributed by atoms with Crippen molar-refractivity contribution in [3.05, 3.63) is 17.9 Å². The first-order chi connectivity index (χ1) is 7.66. The number of amidine groups is 1. The lowest BCUT2D eigenvalue weighted by atomic mass is 10.1. The summed E-state index contributed by atoms with van der Waals surface area (Å²) in [6.45, 7) is 7.17. The number of nitrogens with two attached hydrogens (primary N) is 1. The molecule has 16 heavy (non-hydrogen) atoms. The number of quaternary nitrogens is 2. The van der Waals surface area contributed by atoms with Gasteiger partial charge >= 0.3 is 0 Å². The molecule has 88 valence electrons. The van der Waals surface area contributed by atoms with Crippen LogP contribution in [0.5, 0.6) is 0 Å². The Bertz CT molecular complexity index is 333. The zero-order valence-corrected chi connectivity index (χ0v) is 9.83. The van der Waals surface area contributed by atoms with Gasteiger partial charge in [-0.3, -0.25) is 0 Å². The molecule has 0 amide bonds. The second-order valence-electron chi connectivity index (χ2n) is 4.30. The number of hydrogen-bond acceptors (Lipinski definition) is 4. The fourth-order valence-electron chi connectivity index (χ4n) is 1.60. The van der Waals surface area contributed by atoms with Gasteiger partial charge in [0.05, 0.1) is 17.7 Å². The zero-order chi connectivity index (χ0) is 11.5. The van der Waals surface area contributed by atoms with Crippen LogP contribution in [0, 0.1) is 5.92 Å². The molecule has 0 aromatic carbocycles. The Balaban J connectivity index is 1.83. The maximum Gasteiger partial charge on any atom is 0.222 e. The van der Waals surface area contributed by atoms with Crippen molar-refractivity contribution in [3.8, 4) is 0 Å². The molecule has 2 aliphatic heterocycles. The number of nitrogens with zero attached hydrogens (tertiary/aromatic N) is 5. The first kappa shape index (κ1) is 11.2. The highest BCUT2D eigenvalue weighted by Gasteiger charge is 2.20. The van der Waals surface area contributed by atoms with Crippen LogP contribution in [0.1, 0.15) is 20.8 Å². The summed E-state index contributed by atoms with van der Waals surface area (Å²) in [5.41, 5.74) is 5.98. The van der Waals surface area contributed by atoms with Crippen LogP contribution in [-0.4, -0.2) is 23.4 Å². The van der Waals surface area contributed by atoms with Crippen molar-refractivity contribution in [3.63, 3.8) is 0 Å². The summed E-state index contributed by atoms with van der Waals surface area (Å²) in [5.74, 6) is 1.05. The molecular weight excluding hydrogens is 206 g/mol. The third-order valence-corrected chi connectivity index (χ3v) is 2.55. The van der Waals surface area contributed by atoms with Gasteiger partial charge in [-0.2, -0.15) is 0 Å². The molecule has 2 unspecified atom stereocenters. The van der Waals surface area contributed by atoms with Crippen LogP contribution >= 0.6 is 0 Å². The number of hydrogen-bond donors (Lipinski definition) is 2. The van der Waals surface area contributed by atoms with Gasteiger partial charge in [0.25, 0.3) is 0 Å². The maximum absolute atomic E-state index is 4.50. The van der Waals surface area contributed by atoms with Crippen molar-refractivity contribution >= 4 is 5.84 Å². The quantitative estimate of drug-likeness (QED) is 0.600. The van der Waals surface area contributed by atoms with Gasteiger partial charge in [0.1, 0.15) is 6.20 Å². The molecule has 2 aliphatic rings. The molecule has 2 heterocycles. The molecule has 0 bridgehead atoms. The van der Waals surface area contributed by atoms with Gasteiger partial charge < -0.3 is 15.6 Å². The second-order valence-corrected chi connectivity index (χ2v) is 4.30. The fourth-order valence-corrected chi connectivity index (χ4v) is 1.60. The minimum absolute atomic E-state index is 0.262. The van der Waals surface area contributed by atoms with E-state index in [2.05, 4.69) is 41.7 Å². The standard InChI is InChI=1S/C9H17N7/c1-7(2)16-5-4-15(14-16)6-8(3)9-10-12-13-11-9/h4-5,7-8,15H,6H2,1-3H3,(H,10,11,12,13)/p+1. The van der Waals surface area contributed by atoms with Crippen LogP contribution in [0.2, 0.25) is 0 Å². The first-order valence-corrected chi connectivity index (χ1v) is 5.51. The first-order valence-electron chi connectivity index (χ1n) is 5.51. The summed E-state index contributed by atoms with van der Waals surface area (Å²) >= 11 is 0. The van der Waals surface area contributed by atoms with E-state index in [1.54, 1.807) is 0 Å². The SMILES string of the molecule is CC(C[NH+]1C=CN(C(C)C)[N-]1)C1=N[NH2+]N=N1. The molecule has 2 atom stereocenters. The Kier molecular flexibility index (Phi) is 3.28. The van der Waals surface area contributed by atoms with Crippen molar-refractivity contribution in [2.45, 2.75) is 26.8 Å². The minimum Gasteiger partial charge on any atom is -0.425 e. The molecule has 7 nitrogen and oxygen atoms in total. The van der Waals surface area contributed by atoms with Crippen molar-refractivity contribution in [1.82, 2.24) is 5.01 Å². The van der Waals surface area contributed by atoms with Crippen molar-refractivity contribution < 1.29 is 10.5 Å². The largest absolute Gasteiger partial charge is 0.425 e. The van der Waals surface area contributed by atoms with Gasteiger partial charge in [-0.05, 0) is 25.9 Å². The van der Waals surface area contributed by atoms with Crippen molar-refractivity contribution in [2.75, 3.05) is 6.54 Å². The molecule has 0 aromatic heterocycles. The van der Waals surface area contributed by atoms with E-state index in [-0.39, 0.29) is 5.92 Å². The maximum atomic E-state index is 4.50. The third kappa shape index (κ3) is 2.43. The lowest BCUT2D eigenvalue weighted by Gasteiger charge is -2.35. The molecule has 0 aromatic rings. The fraction of sp³-hybridized carbons (Fsp3) is 0.667. The summed E-state index contributed by atoms with van der Waals surface area (Å²) in [7, 11) is 0. The summed E-state index contributed by atoms with van der Waals surface area (Å²) in [5, 5.41) is 14.8. The Labute approximate surface area is 94.8 Å². The molecule has 0 saturated carbocycles. The Hall–Kier alpha value is -1.31. The van der Waals surface area contributed by atoms with Gasteiger partial charge in [0, 0.05) is 12.2 Å². The van der Waals surface area contributed by atoms with Gasteiger partial charge in [0.15, 0.2) is 0 Å². The van der Waals surface area contributed by atoms with Crippen LogP contribution in [-0.2, 0) is 0 Å². The predicted molar refractivity (Wildman–Crippen MR) is 58.7 cm³/mol. The van der Waals surface area contributed by atoms with Crippen LogP contribution < -0.4 is 10.5 Å². The topological polar surface area (TPSA) is 75.5 Å². The molecule has 2 rings (SSSR count). The predicted octanol–water partition coefficient (Wildman–Crippen LogP) is -0.836. The van der Waals surface area contributed by atoms with E-state index in [0.29, 0.717) is 6.04 Å². The van der Waals surface area contributed by atoms with E-state index in [9.17, 15) is 0 Å². The Morgan fingerprint density at radius 2 is 2.31 bits per heavy atom. The average molecular weight is 224 g/mol. The molecule has 0 radical (unpaired) electrons. The smallest absolute Gasteiger partial charge is 0.222 e. The Morgan fingerprint density at radius 1 is 1.50 bits per heavy atom. The number of nitrogens with one attached hydrogen (secondary N) is 1. The van der Waals surface area contributed by atoms with E-state index < -0.39 is 0 Å². The molecular formula is C9H18N7+. The monoisotopic (exact) mass is 224 g/mol. The molecule has 3 N–H and O–H groups in total. The lowest BCUT2D eigenvalue weighted by Crippen LogP contribution is -3.03. The average Bonchev–Trinajstić information content (AvgIpc) is 2.87. The van der Waals surface area contributed by atoms with Gasteiger partial charge in [-0.25, -0.2) is 0 Å². The summed E-state index contributed by atoms with van der Waals surface area (Å²) in [4.78, 5) is 0. The van der Waals surface area contributed by atoms with Crippen molar-refractivity contribution in [2.24, 2.45) is 21.4 Å². The zero-order valence-electron chi connectivity index (χ0n) is 9.83. The van der Waals surface area contributed by atoms with E-state index in [1.807, 2.05) is 17.4 Å². The van der Waals surface area contributed by atoms with E-state index in [1.165, 1.54) is 5.53 Å². The summed E-state index contributed by atoms with van der Waals surface area (Å²) in [6, 6.07) is 0.404. The normalized spacial score (nSPS) is 25.6. The Morgan fingerprint density at radius 3 is 2.88 bits per heavy atom.